The summed E-state index contributed by atoms with van der Waals surface area (Å²) in [5.41, 5.74) is 1.66. The van der Waals surface area contributed by atoms with Crippen LogP contribution in [0.1, 0.15) is 25.0 Å². The lowest BCUT2D eigenvalue weighted by Gasteiger charge is -2.43. The Bertz CT molecular complexity index is 1050. The summed E-state index contributed by atoms with van der Waals surface area (Å²) in [4.78, 5) is 29.5. The molecule has 36 heavy (non-hydrogen) atoms. The molecule has 1 saturated heterocycles. The van der Waals surface area contributed by atoms with Gasteiger partial charge in [0.1, 0.15) is 0 Å². The third kappa shape index (κ3) is 6.19. The number of hydrogen-bond donors (Lipinski definition) is 0. The summed E-state index contributed by atoms with van der Waals surface area (Å²) in [6, 6.07) is 10.7. The zero-order valence-corrected chi connectivity index (χ0v) is 21.7. The molecule has 1 aliphatic heterocycles. The molecule has 8 heteroatoms. The molecule has 0 unspecified atom stereocenters. The average molecular weight is 495 g/mol. The summed E-state index contributed by atoms with van der Waals surface area (Å²) < 4.78 is 21.2. The topological polar surface area (TPSA) is 77.5 Å². The van der Waals surface area contributed by atoms with Crippen molar-refractivity contribution in [2.45, 2.75) is 25.9 Å². The van der Waals surface area contributed by atoms with Crippen molar-refractivity contribution in [1.29, 1.82) is 0 Å². The van der Waals surface area contributed by atoms with Gasteiger partial charge in [0.25, 0.3) is 0 Å². The van der Waals surface area contributed by atoms with Crippen molar-refractivity contribution in [2.75, 3.05) is 41.5 Å². The van der Waals surface area contributed by atoms with Crippen molar-refractivity contribution in [3.05, 3.63) is 59.7 Å². The van der Waals surface area contributed by atoms with Gasteiger partial charge in [0.15, 0.2) is 23.0 Å². The van der Waals surface area contributed by atoms with E-state index < -0.39 is 0 Å². The highest BCUT2D eigenvalue weighted by molar-refractivity contribution is 5.94. The number of benzene rings is 2. The maximum absolute atomic E-state index is 12.9. The molecule has 0 saturated carbocycles. The van der Waals surface area contributed by atoms with E-state index in [1.807, 2.05) is 38.1 Å². The van der Waals surface area contributed by atoms with Crippen LogP contribution in [0, 0.1) is 0 Å². The van der Waals surface area contributed by atoms with Gasteiger partial charge in [0, 0.05) is 37.3 Å². The molecule has 0 N–H and O–H groups in total. The quantitative estimate of drug-likeness (QED) is 0.518. The number of hydrogen-bond acceptors (Lipinski definition) is 6. The Balaban J connectivity index is 1.64. The molecule has 0 radical (unpaired) electrons. The fourth-order valence-electron chi connectivity index (χ4n) is 4.18. The van der Waals surface area contributed by atoms with Crippen LogP contribution in [0.2, 0.25) is 0 Å². The molecule has 8 nitrogen and oxygen atoms in total. The Morgan fingerprint density at radius 1 is 0.667 bits per heavy atom. The standard InChI is InChI=1S/C28H34N2O6/c1-19-17-30(28(32)14-10-22-8-12-24(34-4)26(16-22)36-6)20(2)18-29(19)27(31)13-9-21-7-11-23(33-3)25(15-21)35-5/h7-16,19-20H,17-18H2,1-6H3/b13-9+,14-10+/t19-,20+. The number of ether oxygens (including phenoxy) is 4. The van der Waals surface area contributed by atoms with Crippen molar-refractivity contribution >= 4 is 24.0 Å². The second-order valence-electron chi connectivity index (χ2n) is 8.57. The molecule has 1 aliphatic rings. The lowest BCUT2D eigenvalue weighted by molar-refractivity contribution is -0.139. The predicted octanol–water partition coefficient (Wildman–Crippen LogP) is 3.90. The van der Waals surface area contributed by atoms with E-state index in [1.165, 1.54) is 0 Å². The van der Waals surface area contributed by atoms with Crippen LogP contribution in [0.25, 0.3) is 12.2 Å². The van der Waals surface area contributed by atoms with Gasteiger partial charge in [-0.25, -0.2) is 0 Å². The van der Waals surface area contributed by atoms with Crippen LogP contribution in [-0.4, -0.2) is 75.2 Å². The number of carbonyl (C=O) groups is 2. The first-order valence-corrected chi connectivity index (χ1v) is 11.7. The van der Waals surface area contributed by atoms with E-state index in [1.54, 1.807) is 74.7 Å². The fourth-order valence-corrected chi connectivity index (χ4v) is 4.18. The number of piperazine rings is 1. The SMILES string of the molecule is COc1ccc(/C=C/C(=O)N2C[C@H](C)N(C(=O)/C=C/c3ccc(OC)c(OC)c3)C[C@H]2C)cc1OC. The van der Waals surface area contributed by atoms with Crippen LogP contribution in [-0.2, 0) is 9.59 Å². The van der Waals surface area contributed by atoms with Gasteiger partial charge >= 0.3 is 0 Å². The molecule has 2 amide bonds. The average Bonchev–Trinajstić information content (AvgIpc) is 2.90. The highest BCUT2D eigenvalue weighted by atomic mass is 16.5. The molecule has 0 spiro atoms. The molecule has 2 atom stereocenters. The first-order valence-electron chi connectivity index (χ1n) is 11.7. The minimum atomic E-state index is -0.123. The van der Waals surface area contributed by atoms with Crippen LogP contribution < -0.4 is 18.9 Å². The summed E-state index contributed by atoms with van der Waals surface area (Å²) in [6.45, 7) is 4.80. The molecule has 0 aromatic heterocycles. The summed E-state index contributed by atoms with van der Waals surface area (Å²) in [5.74, 6) is 2.26. The first kappa shape index (κ1) is 26.7. The zero-order chi connectivity index (χ0) is 26.2. The van der Waals surface area contributed by atoms with Gasteiger partial charge < -0.3 is 28.7 Å². The minimum Gasteiger partial charge on any atom is -0.493 e. The van der Waals surface area contributed by atoms with Crippen molar-refractivity contribution in [3.8, 4) is 23.0 Å². The highest BCUT2D eigenvalue weighted by Crippen LogP contribution is 2.29. The fraction of sp³-hybridized carbons (Fsp3) is 0.357. The molecule has 3 rings (SSSR count). The molecule has 192 valence electrons. The van der Waals surface area contributed by atoms with Gasteiger partial charge in [-0.1, -0.05) is 12.1 Å². The van der Waals surface area contributed by atoms with Crippen molar-refractivity contribution in [2.24, 2.45) is 0 Å². The van der Waals surface area contributed by atoms with E-state index in [0.717, 1.165) is 11.1 Å². The predicted molar refractivity (Wildman–Crippen MR) is 140 cm³/mol. The molecule has 0 bridgehead atoms. The zero-order valence-electron chi connectivity index (χ0n) is 21.7. The van der Waals surface area contributed by atoms with E-state index in [-0.39, 0.29) is 23.9 Å². The normalized spacial score (nSPS) is 17.9. The monoisotopic (exact) mass is 494 g/mol. The largest absolute Gasteiger partial charge is 0.493 e. The molecule has 1 fully saturated rings. The lowest BCUT2D eigenvalue weighted by atomic mass is 10.1. The second kappa shape index (κ2) is 12.2. The maximum atomic E-state index is 12.9. The number of carbonyl (C=O) groups excluding carboxylic acids is 2. The number of amides is 2. The van der Waals surface area contributed by atoms with E-state index in [0.29, 0.717) is 36.1 Å². The van der Waals surface area contributed by atoms with Crippen molar-refractivity contribution in [1.82, 2.24) is 9.80 Å². The summed E-state index contributed by atoms with van der Waals surface area (Å²) >= 11 is 0. The van der Waals surface area contributed by atoms with Crippen LogP contribution in [0.4, 0.5) is 0 Å². The van der Waals surface area contributed by atoms with Crippen molar-refractivity contribution in [3.63, 3.8) is 0 Å². The smallest absolute Gasteiger partial charge is 0.246 e. The third-order valence-corrected chi connectivity index (χ3v) is 6.20. The minimum absolute atomic E-state index is 0.0999. The summed E-state index contributed by atoms with van der Waals surface area (Å²) in [6.07, 6.45) is 6.62. The van der Waals surface area contributed by atoms with Crippen LogP contribution in [0.5, 0.6) is 23.0 Å². The van der Waals surface area contributed by atoms with Gasteiger partial charge in [-0.2, -0.15) is 0 Å². The van der Waals surface area contributed by atoms with E-state index >= 15 is 0 Å². The van der Waals surface area contributed by atoms with E-state index in [2.05, 4.69) is 0 Å². The Kier molecular flexibility index (Phi) is 9.00. The first-order chi connectivity index (χ1) is 17.3. The molecule has 0 aliphatic carbocycles. The van der Waals surface area contributed by atoms with E-state index in [9.17, 15) is 9.59 Å². The van der Waals surface area contributed by atoms with Crippen LogP contribution >= 0.6 is 0 Å². The lowest BCUT2D eigenvalue weighted by Crippen LogP contribution is -2.59. The number of methoxy groups -OCH3 is 4. The molecule has 2 aromatic rings. The van der Waals surface area contributed by atoms with Crippen molar-refractivity contribution < 1.29 is 28.5 Å². The van der Waals surface area contributed by atoms with Crippen LogP contribution in [0.3, 0.4) is 0 Å². The molecular formula is C28H34N2O6. The summed E-state index contributed by atoms with van der Waals surface area (Å²) in [5, 5.41) is 0. The van der Waals surface area contributed by atoms with Gasteiger partial charge in [-0.05, 0) is 61.4 Å². The molecule has 2 aromatic carbocycles. The Hall–Kier alpha value is -3.94. The van der Waals surface area contributed by atoms with Gasteiger partial charge in [0.05, 0.1) is 28.4 Å². The Labute approximate surface area is 212 Å². The Morgan fingerprint density at radius 3 is 1.36 bits per heavy atom. The summed E-state index contributed by atoms with van der Waals surface area (Å²) in [7, 11) is 6.30. The Morgan fingerprint density at radius 2 is 1.03 bits per heavy atom. The molecule has 1 heterocycles. The maximum Gasteiger partial charge on any atom is 0.246 e. The second-order valence-corrected chi connectivity index (χ2v) is 8.57. The van der Waals surface area contributed by atoms with E-state index in [4.69, 9.17) is 18.9 Å². The highest BCUT2D eigenvalue weighted by Gasteiger charge is 2.32. The van der Waals surface area contributed by atoms with Gasteiger partial charge in [0.2, 0.25) is 11.8 Å². The third-order valence-electron chi connectivity index (χ3n) is 6.20. The van der Waals surface area contributed by atoms with Gasteiger partial charge in [-0.15, -0.1) is 0 Å². The molecular weight excluding hydrogens is 460 g/mol. The van der Waals surface area contributed by atoms with Gasteiger partial charge in [-0.3, -0.25) is 9.59 Å². The van der Waals surface area contributed by atoms with Crippen LogP contribution in [0.15, 0.2) is 48.6 Å². The number of rotatable bonds is 8. The number of nitrogens with zero attached hydrogens (tertiary/aromatic N) is 2.